The fourth-order valence-corrected chi connectivity index (χ4v) is 5.01. The minimum absolute atomic E-state index is 0.720. The Morgan fingerprint density at radius 2 is 1.76 bits per heavy atom. The van der Waals surface area contributed by atoms with Crippen molar-refractivity contribution in [2.75, 3.05) is 0 Å². The van der Waals surface area contributed by atoms with E-state index in [9.17, 15) is 0 Å². The Kier molecular flexibility index (Phi) is 4.86. The van der Waals surface area contributed by atoms with E-state index in [1.54, 1.807) is 0 Å². The lowest BCUT2D eigenvalue weighted by Crippen LogP contribution is -2.06. The first-order valence-corrected chi connectivity index (χ1v) is 11.7. The zero-order valence-corrected chi connectivity index (χ0v) is 19.6. The van der Waals surface area contributed by atoms with Gasteiger partial charge in [0.15, 0.2) is 11.5 Å². The summed E-state index contributed by atoms with van der Waals surface area (Å²) in [6.45, 7) is 7.85. The number of aromatic nitrogens is 8. The van der Waals surface area contributed by atoms with E-state index in [2.05, 4.69) is 92.1 Å². The summed E-state index contributed by atoms with van der Waals surface area (Å²) in [7, 11) is 0. The molecule has 4 heterocycles. The van der Waals surface area contributed by atoms with E-state index in [0.29, 0.717) is 0 Å². The van der Waals surface area contributed by atoms with E-state index in [0.717, 1.165) is 54.4 Å². The van der Waals surface area contributed by atoms with Crippen LogP contribution in [-0.4, -0.2) is 39.7 Å². The summed E-state index contributed by atoms with van der Waals surface area (Å²) < 4.78 is 4.62. The second-order valence-corrected chi connectivity index (χ2v) is 8.82. The summed E-state index contributed by atoms with van der Waals surface area (Å²) in [5, 5.41) is 16.9. The molecule has 6 aromatic rings. The van der Waals surface area contributed by atoms with Gasteiger partial charge in [0.2, 0.25) is 0 Å². The van der Waals surface area contributed by atoms with Gasteiger partial charge in [0, 0.05) is 46.9 Å². The summed E-state index contributed by atoms with van der Waals surface area (Å²) >= 11 is 0. The van der Waals surface area contributed by atoms with Gasteiger partial charge in [-0.25, -0.2) is 9.97 Å². The molecule has 170 valence electrons. The van der Waals surface area contributed by atoms with Crippen molar-refractivity contribution in [2.24, 2.45) is 0 Å². The summed E-state index contributed by atoms with van der Waals surface area (Å²) in [6, 6.07) is 17.4. The number of imidazole rings is 1. The molecule has 0 saturated carbocycles. The van der Waals surface area contributed by atoms with Crippen molar-refractivity contribution in [1.82, 2.24) is 39.7 Å². The van der Waals surface area contributed by atoms with Crippen LogP contribution >= 0.6 is 0 Å². The molecular formula is C26H26N8. The van der Waals surface area contributed by atoms with Crippen LogP contribution in [0.5, 0.6) is 0 Å². The molecule has 1 N–H and O–H groups in total. The molecule has 8 nitrogen and oxygen atoms in total. The van der Waals surface area contributed by atoms with E-state index < -0.39 is 0 Å². The molecule has 4 aromatic heterocycles. The summed E-state index contributed by atoms with van der Waals surface area (Å²) in [5.74, 6) is 1.79. The van der Waals surface area contributed by atoms with Gasteiger partial charge in [0.1, 0.15) is 11.3 Å². The predicted molar refractivity (Wildman–Crippen MR) is 133 cm³/mol. The molecule has 6 rings (SSSR count). The number of nitrogens with zero attached hydrogens (tertiary/aromatic N) is 7. The molecule has 0 aliphatic heterocycles. The van der Waals surface area contributed by atoms with Crippen LogP contribution in [-0.2, 0) is 25.9 Å². The van der Waals surface area contributed by atoms with Gasteiger partial charge < -0.3 is 9.13 Å². The zero-order valence-electron chi connectivity index (χ0n) is 19.6. The lowest BCUT2D eigenvalue weighted by atomic mass is 10.1. The maximum absolute atomic E-state index is 4.91. The van der Waals surface area contributed by atoms with E-state index in [1.807, 2.05) is 6.92 Å². The zero-order chi connectivity index (χ0) is 23.2. The number of aromatic amines is 1. The molecule has 0 fully saturated rings. The standard InChI is InChI=1S/C26H26N8/c1-4-24-28-25-16(2)13-17(3)27-26(25)34(24)15-18-9-10-22-20(14-18)19-7-5-6-8-21(19)33(22)12-11-23-29-31-32-30-23/h5-10,13-14H,4,11-12,15H2,1-3H3,(H,29,30,31,32). The van der Waals surface area contributed by atoms with Crippen molar-refractivity contribution in [3.8, 4) is 0 Å². The van der Waals surface area contributed by atoms with Crippen LogP contribution in [0.2, 0.25) is 0 Å². The van der Waals surface area contributed by atoms with Crippen molar-refractivity contribution < 1.29 is 0 Å². The Labute approximate surface area is 196 Å². The predicted octanol–water partition coefficient (Wildman–Crippen LogP) is 4.52. The number of pyridine rings is 1. The highest BCUT2D eigenvalue weighted by atomic mass is 15.5. The average molecular weight is 451 g/mol. The fraction of sp³-hybridized carbons (Fsp3) is 0.269. The molecule has 2 aromatic carbocycles. The van der Waals surface area contributed by atoms with Crippen LogP contribution in [0.15, 0.2) is 48.5 Å². The first kappa shape index (κ1) is 20.5. The van der Waals surface area contributed by atoms with Gasteiger partial charge in [-0.15, -0.1) is 10.2 Å². The van der Waals surface area contributed by atoms with E-state index in [-0.39, 0.29) is 0 Å². The highest BCUT2D eigenvalue weighted by molar-refractivity contribution is 6.08. The number of rotatable bonds is 6. The molecule has 0 radical (unpaired) electrons. The largest absolute Gasteiger partial charge is 0.340 e. The second-order valence-electron chi connectivity index (χ2n) is 8.82. The Morgan fingerprint density at radius 1 is 0.912 bits per heavy atom. The van der Waals surface area contributed by atoms with Crippen LogP contribution in [0.3, 0.4) is 0 Å². The molecular weight excluding hydrogens is 424 g/mol. The number of fused-ring (bicyclic) bond motifs is 4. The minimum atomic E-state index is 0.720. The maximum Gasteiger partial charge on any atom is 0.176 e. The topological polar surface area (TPSA) is 90.1 Å². The van der Waals surface area contributed by atoms with Gasteiger partial charge in [0.05, 0.1) is 6.54 Å². The van der Waals surface area contributed by atoms with Gasteiger partial charge in [0.25, 0.3) is 0 Å². The van der Waals surface area contributed by atoms with Crippen molar-refractivity contribution in [1.29, 1.82) is 0 Å². The highest BCUT2D eigenvalue weighted by Gasteiger charge is 2.16. The molecule has 0 bridgehead atoms. The SMILES string of the molecule is CCc1nc2c(C)cc(C)nc2n1Cc1ccc2c(c1)c1ccccc1n2CCc1nn[nH]n1. The molecule has 0 unspecified atom stereocenters. The number of tetrazole rings is 1. The molecule has 0 atom stereocenters. The number of aryl methyl sites for hydroxylation is 5. The number of hydrogen-bond donors (Lipinski definition) is 1. The summed E-state index contributed by atoms with van der Waals surface area (Å²) in [5.41, 5.74) is 7.84. The number of para-hydroxylation sites is 1. The number of hydrogen-bond acceptors (Lipinski definition) is 5. The Hall–Kier alpha value is -4.07. The number of nitrogens with one attached hydrogen (secondary N) is 1. The monoisotopic (exact) mass is 450 g/mol. The minimum Gasteiger partial charge on any atom is -0.340 e. The Morgan fingerprint density at radius 3 is 2.59 bits per heavy atom. The third kappa shape index (κ3) is 3.34. The Balaban J connectivity index is 1.45. The van der Waals surface area contributed by atoms with E-state index in [1.165, 1.54) is 32.9 Å². The quantitative estimate of drug-likeness (QED) is 0.403. The number of H-pyrrole nitrogens is 1. The first-order valence-electron chi connectivity index (χ1n) is 11.7. The molecule has 34 heavy (non-hydrogen) atoms. The van der Waals surface area contributed by atoms with Crippen molar-refractivity contribution in [3.05, 3.63) is 77.0 Å². The smallest absolute Gasteiger partial charge is 0.176 e. The van der Waals surface area contributed by atoms with Crippen LogP contribution in [0.25, 0.3) is 33.0 Å². The molecule has 0 saturated heterocycles. The van der Waals surface area contributed by atoms with Crippen LogP contribution in [0, 0.1) is 13.8 Å². The van der Waals surface area contributed by atoms with Gasteiger partial charge in [-0.05, 0) is 49.2 Å². The third-order valence-electron chi connectivity index (χ3n) is 6.54. The van der Waals surface area contributed by atoms with E-state index in [4.69, 9.17) is 9.97 Å². The van der Waals surface area contributed by atoms with Crippen LogP contribution in [0.1, 0.15) is 35.4 Å². The molecule has 8 heteroatoms. The summed E-state index contributed by atoms with van der Waals surface area (Å²) in [6.07, 6.45) is 1.59. The fourth-order valence-electron chi connectivity index (χ4n) is 5.01. The van der Waals surface area contributed by atoms with Gasteiger partial charge in [-0.2, -0.15) is 5.21 Å². The van der Waals surface area contributed by atoms with E-state index >= 15 is 0 Å². The molecule has 0 spiro atoms. The van der Waals surface area contributed by atoms with Gasteiger partial charge in [-0.3, -0.25) is 0 Å². The second kappa shape index (κ2) is 8.06. The molecule has 0 aliphatic carbocycles. The number of benzene rings is 2. The lowest BCUT2D eigenvalue weighted by molar-refractivity contribution is 0.712. The highest BCUT2D eigenvalue weighted by Crippen LogP contribution is 2.31. The van der Waals surface area contributed by atoms with Crippen LogP contribution < -0.4 is 0 Å². The Bertz CT molecular complexity index is 1640. The van der Waals surface area contributed by atoms with Crippen LogP contribution in [0.4, 0.5) is 0 Å². The van der Waals surface area contributed by atoms with Crippen molar-refractivity contribution >= 4 is 33.0 Å². The first-order chi connectivity index (χ1) is 16.6. The normalized spacial score (nSPS) is 11.9. The van der Waals surface area contributed by atoms with Crippen molar-refractivity contribution in [3.63, 3.8) is 0 Å². The maximum atomic E-state index is 4.91. The van der Waals surface area contributed by atoms with Gasteiger partial charge >= 0.3 is 0 Å². The average Bonchev–Trinajstić information content (AvgIpc) is 3.55. The molecule has 0 amide bonds. The lowest BCUT2D eigenvalue weighted by Gasteiger charge is -2.10. The van der Waals surface area contributed by atoms with Gasteiger partial charge in [-0.1, -0.05) is 36.4 Å². The molecule has 0 aliphatic rings. The van der Waals surface area contributed by atoms with Crippen molar-refractivity contribution in [2.45, 2.75) is 46.7 Å². The third-order valence-corrected chi connectivity index (χ3v) is 6.54. The summed E-state index contributed by atoms with van der Waals surface area (Å²) in [4.78, 5) is 9.75.